The molecule has 0 radical (unpaired) electrons. The van der Waals surface area contributed by atoms with Gasteiger partial charge in [-0.3, -0.25) is 9.98 Å². The molecule has 3 aromatic rings. The van der Waals surface area contributed by atoms with E-state index in [1.807, 2.05) is 36.5 Å². The number of benzene rings is 1. The Kier molecular flexibility index (Phi) is 3.41. The Labute approximate surface area is 129 Å². The van der Waals surface area contributed by atoms with E-state index in [1.54, 1.807) is 6.20 Å². The molecule has 0 amide bonds. The lowest BCUT2D eigenvalue weighted by Crippen LogP contribution is -2.05. The van der Waals surface area contributed by atoms with E-state index in [1.165, 1.54) is 0 Å². The number of aromatic amines is 1. The summed E-state index contributed by atoms with van der Waals surface area (Å²) < 4.78 is 0. The lowest BCUT2D eigenvalue weighted by molar-refractivity contribution is 0.607. The number of hydrogen-bond acceptors (Lipinski definition) is 4. The molecule has 5 nitrogen and oxygen atoms in total. The maximum Gasteiger partial charge on any atom is 0.157 e. The highest BCUT2D eigenvalue weighted by Crippen LogP contribution is 2.29. The van der Waals surface area contributed by atoms with Gasteiger partial charge >= 0.3 is 0 Å². The summed E-state index contributed by atoms with van der Waals surface area (Å²) in [4.78, 5) is 16.6. The van der Waals surface area contributed by atoms with Crippen molar-refractivity contribution in [1.82, 2.24) is 15.0 Å². The van der Waals surface area contributed by atoms with E-state index in [0.717, 1.165) is 28.2 Å². The zero-order chi connectivity index (χ0) is 15.7. The number of rotatable bonds is 2. The van der Waals surface area contributed by atoms with Crippen molar-refractivity contribution in [2.75, 3.05) is 5.73 Å². The number of H-pyrrole nitrogens is 1. The van der Waals surface area contributed by atoms with Crippen molar-refractivity contribution in [2.45, 2.75) is 20.8 Å². The van der Waals surface area contributed by atoms with Gasteiger partial charge < -0.3 is 10.7 Å². The first-order valence-electron chi connectivity index (χ1n) is 7.18. The third kappa shape index (κ3) is 2.98. The first kappa shape index (κ1) is 14.3. The summed E-state index contributed by atoms with van der Waals surface area (Å²) in [5.74, 6) is 0.729. The van der Waals surface area contributed by atoms with Crippen LogP contribution in [0.1, 0.15) is 20.8 Å². The van der Waals surface area contributed by atoms with Gasteiger partial charge in [0, 0.05) is 12.4 Å². The van der Waals surface area contributed by atoms with Crippen molar-refractivity contribution in [2.24, 2.45) is 10.4 Å². The number of nitrogens with zero attached hydrogens (tertiary/aromatic N) is 3. The number of anilines is 1. The smallest absolute Gasteiger partial charge is 0.157 e. The quantitative estimate of drug-likeness (QED) is 0.554. The minimum Gasteiger partial charge on any atom is -0.397 e. The van der Waals surface area contributed by atoms with Crippen LogP contribution < -0.4 is 5.73 Å². The maximum absolute atomic E-state index is 6.09. The summed E-state index contributed by atoms with van der Waals surface area (Å²) >= 11 is 0. The highest BCUT2D eigenvalue weighted by Gasteiger charge is 2.10. The van der Waals surface area contributed by atoms with E-state index in [0.29, 0.717) is 5.69 Å². The predicted octanol–water partition coefficient (Wildman–Crippen LogP) is 3.96. The van der Waals surface area contributed by atoms with E-state index >= 15 is 0 Å². The molecule has 0 fully saturated rings. The Morgan fingerprint density at radius 1 is 1.23 bits per heavy atom. The number of nitrogens with two attached hydrogens (primary N) is 1. The van der Waals surface area contributed by atoms with Gasteiger partial charge in [0.15, 0.2) is 5.82 Å². The van der Waals surface area contributed by atoms with Crippen LogP contribution in [0, 0.1) is 5.41 Å². The highest BCUT2D eigenvalue weighted by molar-refractivity contribution is 5.88. The Morgan fingerprint density at radius 3 is 2.73 bits per heavy atom. The van der Waals surface area contributed by atoms with Crippen LogP contribution in [0.25, 0.3) is 22.6 Å². The van der Waals surface area contributed by atoms with Gasteiger partial charge in [0.05, 0.1) is 22.4 Å². The minimum atomic E-state index is 0.00604. The van der Waals surface area contributed by atoms with Crippen LogP contribution in [0.4, 0.5) is 11.4 Å². The van der Waals surface area contributed by atoms with E-state index in [9.17, 15) is 0 Å². The zero-order valence-electron chi connectivity index (χ0n) is 13.0. The van der Waals surface area contributed by atoms with Gasteiger partial charge in [0.25, 0.3) is 0 Å². The molecule has 0 saturated carbocycles. The fourth-order valence-corrected chi connectivity index (χ4v) is 2.06. The summed E-state index contributed by atoms with van der Waals surface area (Å²) in [7, 11) is 0. The Hall–Kier alpha value is -2.69. The van der Waals surface area contributed by atoms with Gasteiger partial charge in [-0.05, 0) is 29.7 Å². The molecule has 0 spiro atoms. The standard InChI is InChI=1S/C17H19N5/c1-17(2,3)10-20-13-9-15-14(8-11(13)18)21-16(22-15)12-6-4-5-7-19-12/h4-10H,18H2,1-3H3,(H,21,22). The van der Waals surface area contributed by atoms with Gasteiger partial charge in [-0.15, -0.1) is 0 Å². The summed E-state index contributed by atoms with van der Waals surface area (Å²) in [6.45, 7) is 6.29. The summed E-state index contributed by atoms with van der Waals surface area (Å²) in [6.07, 6.45) is 3.65. The fraction of sp³-hybridized carbons (Fsp3) is 0.235. The molecular weight excluding hydrogens is 274 g/mol. The fourth-order valence-electron chi connectivity index (χ4n) is 2.06. The largest absolute Gasteiger partial charge is 0.397 e. The Balaban J connectivity index is 2.05. The lowest BCUT2D eigenvalue weighted by atomic mass is 9.99. The van der Waals surface area contributed by atoms with Crippen molar-refractivity contribution < 1.29 is 0 Å². The first-order valence-corrected chi connectivity index (χ1v) is 7.18. The van der Waals surface area contributed by atoms with Gasteiger partial charge in [-0.25, -0.2) is 4.98 Å². The third-order valence-electron chi connectivity index (χ3n) is 3.13. The SMILES string of the molecule is CC(C)(C)C=Nc1cc2nc(-c3ccccn3)[nH]c2cc1N. The second kappa shape index (κ2) is 5.26. The van der Waals surface area contributed by atoms with E-state index in [4.69, 9.17) is 5.73 Å². The molecule has 22 heavy (non-hydrogen) atoms. The number of fused-ring (bicyclic) bond motifs is 1. The predicted molar refractivity (Wildman–Crippen MR) is 91.3 cm³/mol. The topological polar surface area (TPSA) is 80.0 Å². The zero-order valence-corrected chi connectivity index (χ0v) is 13.0. The number of pyridine rings is 1. The van der Waals surface area contributed by atoms with Crippen molar-refractivity contribution in [3.63, 3.8) is 0 Å². The number of nitrogen functional groups attached to an aromatic ring is 1. The van der Waals surface area contributed by atoms with Crippen LogP contribution >= 0.6 is 0 Å². The lowest BCUT2D eigenvalue weighted by Gasteiger charge is -2.10. The summed E-state index contributed by atoms with van der Waals surface area (Å²) in [6, 6.07) is 9.49. The summed E-state index contributed by atoms with van der Waals surface area (Å²) in [5.41, 5.74) is 9.97. The molecule has 0 aliphatic carbocycles. The highest BCUT2D eigenvalue weighted by atomic mass is 15.0. The van der Waals surface area contributed by atoms with Crippen LogP contribution in [-0.4, -0.2) is 21.2 Å². The maximum atomic E-state index is 6.09. The monoisotopic (exact) mass is 293 g/mol. The van der Waals surface area contributed by atoms with Crippen LogP contribution in [0.15, 0.2) is 41.5 Å². The number of aliphatic imine (C=N–C) groups is 1. The molecule has 0 saturated heterocycles. The molecule has 0 atom stereocenters. The molecule has 0 aliphatic rings. The van der Waals surface area contributed by atoms with Crippen molar-refractivity contribution >= 4 is 28.6 Å². The molecule has 2 aromatic heterocycles. The molecular formula is C17H19N5. The second-order valence-electron chi connectivity index (χ2n) is 6.35. The van der Waals surface area contributed by atoms with E-state index < -0.39 is 0 Å². The van der Waals surface area contributed by atoms with Gasteiger partial charge in [0.2, 0.25) is 0 Å². The number of imidazole rings is 1. The third-order valence-corrected chi connectivity index (χ3v) is 3.13. The van der Waals surface area contributed by atoms with Crippen molar-refractivity contribution in [3.05, 3.63) is 36.5 Å². The van der Waals surface area contributed by atoms with Crippen LogP contribution in [0.3, 0.4) is 0 Å². The van der Waals surface area contributed by atoms with Crippen molar-refractivity contribution in [3.8, 4) is 11.5 Å². The normalized spacial score (nSPS) is 12.3. The molecule has 5 heteroatoms. The van der Waals surface area contributed by atoms with E-state index in [2.05, 4.69) is 40.7 Å². The Morgan fingerprint density at radius 2 is 2.05 bits per heavy atom. The molecule has 0 aliphatic heterocycles. The molecule has 2 heterocycles. The average Bonchev–Trinajstić information content (AvgIpc) is 2.87. The molecule has 0 unspecified atom stereocenters. The molecule has 1 aromatic carbocycles. The van der Waals surface area contributed by atoms with Gasteiger partial charge in [0.1, 0.15) is 5.69 Å². The first-order chi connectivity index (χ1) is 10.4. The van der Waals surface area contributed by atoms with Gasteiger partial charge in [-0.1, -0.05) is 26.8 Å². The number of aromatic nitrogens is 3. The van der Waals surface area contributed by atoms with Crippen molar-refractivity contribution in [1.29, 1.82) is 0 Å². The van der Waals surface area contributed by atoms with E-state index in [-0.39, 0.29) is 5.41 Å². The molecule has 3 N–H and O–H groups in total. The number of nitrogens with one attached hydrogen (secondary N) is 1. The average molecular weight is 293 g/mol. The second-order valence-corrected chi connectivity index (χ2v) is 6.35. The van der Waals surface area contributed by atoms with Gasteiger partial charge in [-0.2, -0.15) is 0 Å². The minimum absolute atomic E-state index is 0.00604. The van der Waals surface area contributed by atoms with Crippen LogP contribution in [0.2, 0.25) is 0 Å². The molecule has 112 valence electrons. The Bertz CT molecular complexity index is 825. The molecule has 3 rings (SSSR count). The molecule has 0 bridgehead atoms. The van der Waals surface area contributed by atoms with Crippen LogP contribution in [-0.2, 0) is 0 Å². The number of hydrogen-bond donors (Lipinski definition) is 2. The van der Waals surface area contributed by atoms with Crippen LogP contribution in [0.5, 0.6) is 0 Å². The summed E-state index contributed by atoms with van der Waals surface area (Å²) in [5, 5.41) is 0.